The van der Waals surface area contributed by atoms with Crippen LogP contribution in [0.1, 0.15) is 12.6 Å². The lowest BCUT2D eigenvalue weighted by Crippen LogP contribution is -2.03. The van der Waals surface area contributed by atoms with Crippen molar-refractivity contribution in [1.82, 2.24) is 9.97 Å². The predicted molar refractivity (Wildman–Crippen MR) is 82.1 cm³/mol. The molecule has 0 aliphatic heterocycles. The minimum absolute atomic E-state index is 0.421. The van der Waals surface area contributed by atoms with Crippen LogP contribution >= 0.6 is 15.9 Å². The Balaban J connectivity index is 2.59. The van der Waals surface area contributed by atoms with Crippen LogP contribution in [-0.4, -0.2) is 24.2 Å². The zero-order valence-electron chi connectivity index (χ0n) is 11.6. The average molecular weight is 338 g/mol. The third kappa shape index (κ3) is 2.70. The van der Waals surface area contributed by atoms with Crippen molar-refractivity contribution in [2.45, 2.75) is 13.3 Å². The van der Waals surface area contributed by atoms with Crippen LogP contribution in [0.2, 0.25) is 0 Å². The van der Waals surface area contributed by atoms with E-state index < -0.39 is 0 Å². The Hall–Kier alpha value is -1.82. The maximum absolute atomic E-state index is 5.92. The largest absolute Gasteiger partial charge is 0.497 e. The van der Waals surface area contributed by atoms with Gasteiger partial charge in [0.15, 0.2) is 5.82 Å². The zero-order chi connectivity index (χ0) is 14.7. The third-order valence-corrected chi connectivity index (χ3v) is 3.79. The van der Waals surface area contributed by atoms with E-state index in [2.05, 4.69) is 25.9 Å². The summed E-state index contributed by atoms with van der Waals surface area (Å²) in [6.45, 7) is 2.02. The van der Waals surface area contributed by atoms with Gasteiger partial charge < -0.3 is 15.2 Å². The molecule has 2 aromatic rings. The second-order valence-electron chi connectivity index (χ2n) is 4.11. The number of nitrogens with zero attached hydrogens (tertiary/aromatic N) is 2. The standard InChI is InChI=1S/C14H16BrN3O2/c1-4-10-12(15)13(16)18-14(17-10)9-6-5-8(19-2)7-11(9)20-3/h5-7H,4H2,1-3H3,(H2,16,17,18). The van der Waals surface area contributed by atoms with Gasteiger partial charge in [0, 0.05) is 6.07 Å². The summed E-state index contributed by atoms with van der Waals surface area (Å²) in [7, 11) is 3.21. The molecule has 2 N–H and O–H groups in total. The highest BCUT2D eigenvalue weighted by Crippen LogP contribution is 2.33. The quantitative estimate of drug-likeness (QED) is 0.928. The second-order valence-corrected chi connectivity index (χ2v) is 4.91. The van der Waals surface area contributed by atoms with Crippen molar-refractivity contribution in [2.75, 3.05) is 20.0 Å². The van der Waals surface area contributed by atoms with Gasteiger partial charge in [0.2, 0.25) is 0 Å². The Morgan fingerprint density at radius 3 is 2.55 bits per heavy atom. The molecular weight excluding hydrogens is 322 g/mol. The number of hydrogen-bond donors (Lipinski definition) is 1. The van der Waals surface area contributed by atoms with Crippen LogP contribution in [-0.2, 0) is 6.42 Å². The average Bonchev–Trinajstić information content (AvgIpc) is 2.49. The highest BCUT2D eigenvalue weighted by Gasteiger charge is 2.14. The highest BCUT2D eigenvalue weighted by molar-refractivity contribution is 9.10. The SMILES string of the molecule is CCc1nc(-c2ccc(OC)cc2OC)nc(N)c1Br. The van der Waals surface area contributed by atoms with Gasteiger partial charge in [-0.3, -0.25) is 0 Å². The summed E-state index contributed by atoms with van der Waals surface area (Å²) in [5, 5.41) is 0. The molecule has 0 bridgehead atoms. The molecule has 20 heavy (non-hydrogen) atoms. The fourth-order valence-corrected chi connectivity index (χ4v) is 2.31. The molecule has 0 radical (unpaired) electrons. The van der Waals surface area contributed by atoms with E-state index in [1.807, 2.05) is 19.1 Å². The number of nitrogen functional groups attached to an aromatic ring is 1. The van der Waals surface area contributed by atoms with Crippen molar-refractivity contribution in [2.24, 2.45) is 0 Å². The summed E-state index contributed by atoms with van der Waals surface area (Å²) in [6.07, 6.45) is 0.763. The van der Waals surface area contributed by atoms with Crippen molar-refractivity contribution < 1.29 is 9.47 Å². The smallest absolute Gasteiger partial charge is 0.165 e. The van der Waals surface area contributed by atoms with Gasteiger partial charge in [-0.15, -0.1) is 0 Å². The predicted octanol–water partition coefficient (Wildman–Crippen LogP) is 3.07. The molecule has 0 amide bonds. The third-order valence-electron chi connectivity index (χ3n) is 2.93. The van der Waals surface area contributed by atoms with E-state index in [1.54, 1.807) is 20.3 Å². The van der Waals surface area contributed by atoms with Gasteiger partial charge in [-0.05, 0) is 34.5 Å². The van der Waals surface area contributed by atoms with Crippen molar-refractivity contribution in [3.8, 4) is 22.9 Å². The Morgan fingerprint density at radius 2 is 1.95 bits per heavy atom. The minimum atomic E-state index is 0.421. The minimum Gasteiger partial charge on any atom is -0.497 e. The van der Waals surface area contributed by atoms with Crippen LogP contribution in [0.15, 0.2) is 22.7 Å². The van der Waals surface area contributed by atoms with E-state index in [9.17, 15) is 0 Å². The van der Waals surface area contributed by atoms with Crippen molar-refractivity contribution in [3.05, 3.63) is 28.4 Å². The van der Waals surface area contributed by atoms with Gasteiger partial charge in [-0.25, -0.2) is 9.97 Å². The first-order chi connectivity index (χ1) is 9.60. The summed E-state index contributed by atoms with van der Waals surface area (Å²) in [5.74, 6) is 2.33. The van der Waals surface area contributed by atoms with E-state index in [4.69, 9.17) is 15.2 Å². The molecule has 0 aliphatic carbocycles. The summed E-state index contributed by atoms with van der Waals surface area (Å²) >= 11 is 3.40. The van der Waals surface area contributed by atoms with Gasteiger partial charge in [0.1, 0.15) is 17.3 Å². The van der Waals surface area contributed by atoms with Crippen LogP contribution < -0.4 is 15.2 Å². The molecule has 5 nitrogen and oxygen atoms in total. The topological polar surface area (TPSA) is 70.3 Å². The fraction of sp³-hybridized carbons (Fsp3) is 0.286. The molecule has 1 aromatic carbocycles. The Kier molecular flexibility index (Phi) is 4.44. The summed E-state index contributed by atoms with van der Waals surface area (Å²) in [4.78, 5) is 8.84. The zero-order valence-corrected chi connectivity index (χ0v) is 13.2. The van der Waals surface area contributed by atoms with Crippen molar-refractivity contribution >= 4 is 21.7 Å². The molecule has 0 unspecified atom stereocenters. The Bertz CT molecular complexity index is 632. The Labute approximate surface area is 126 Å². The molecule has 2 rings (SSSR count). The first-order valence-electron chi connectivity index (χ1n) is 6.15. The number of benzene rings is 1. The van der Waals surface area contributed by atoms with Crippen LogP contribution in [0.3, 0.4) is 0 Å². The molecule has 6 heteroatoms. The van der Waals surface area contributed by atoms with E-state index in [0.29, 0.717) is 23.1 Å². The number of aromatic nitrogens is 2. The number of aryl methyl sites for hydroxylation is 1. The maximum atomic E-state index is 5.92. The molecule has 0 saturated carbocycles. The highest BCUT2D eigenvalue weighted by atomic mass is 79.9. The molecule has 1 aromatic heterocycles. The first kappa shape index (κ1) is 14.6. The number of rotatable bonds is 4. The van der Waals surface area contributed by atoms with E-state index in [1.165, 1.54) is 0 Å². The van der Waals surface area contributed by atoms with Gasteiger partial charge in [0.25, 0.3) is 0 Å². The van der Waals surface area contributed by atoms with Crippen LogP contribution in [0, 0.1) is 0 Å². The number of nitrogens with two attached hydrogens (primary N) is 1. The number of methoxy groups -OCH3 is 2. The number of ether oxygens (including phenoxy) is 2. The maximum Gasteiger partial charge on any atom is 0.165 e. The molecule has 106 valence electrons. The van der Waals surface area contributed by atoms with E-state index in [0.717, 1.165) is 22.2 Å². The van der Waals surface area contributed by atoms with Gasteiger partial charge in [0.05, 0.1) is 29.9 Å². The molecule has 0 spiro atoms. The van der Waals surface area contributed by atoms with Gasteiger partial charge >= 0.3 is 0 Å². The summed E-state index contributed by atoms with van der Waals surface area (Å²) in [5.41, 5.74) is 7.56. The van der Waals surface area contributed by atoms with E-state index in [-0.39, 0.29) is 0 Å². The van der Waals surface area contributed by atoms with Crippen LogP contribution in [0.25, 0.3) is 11.4 Å². The lowest BCUT2D eigenvalue weighted by molar-refractivity contribution is 0.395. The van der Waals surface area contributed by atoms with Crippen molar-refractivity contribution in [1.29, 1.82) is 0 Å². The lowest BCUT2D eigenvalue weighted by Gasteiger charge is -2.11. The van der Waals surface area contributed by atoms with Gasteiger partial charge in [-0.1, -0.05) is 6.92 Å². The molecule has 0 fully saturated rings. The summed E-state index contributed by atoms with van der Waals surface area (Å²) < 4.78 is 11.3. The Morgan fingerprint density at radius 1 is 1.20 bits per heavy atom. The van der Waals surface area contributed by atoms with Crippen molar-refractivity contribution in [3.63, 3.8) is 0 Å². The summed E-state index contributed by atoms with van der Waals surface area (Å²) in [6, 6.07) is 5.49. The van der Waals surface area contributed by atoms with E-state index >= 15 is 0 Å². The number of hydrogen-bond acceptors (Lipinski definition) is 5. The lowest BCUT2D eigenvalue weighted by atomic mass is 10.1. The van der Waals surface area contributed by atoms with Crippen LogP contribution in [0.4, 0.5) is 5.82 Å². The molecule has 0 saturated heterocycles. The molecular formula is C14H16BrN3O2. The second kappa shape index (κ2) is 6.09. The number of halogens is 1. The first-order valence-corrected chi connectivity index (χ1v) is 6.94. The molecule has 0 aliphatic rings. The van der Waals surface area contributed by atoms with Crippen LogP contribution in [0.5, 0.6) is 11.5 Å². The molecule has 0 atom stereocenters. The fourth-order valence-electron chi connectivity index (χ4n) is 1.85. The monoisotopic (exact) mass is 337 g/mol. The molecule has 1 heterocycles. The number of anilines is 1. The normalized spacial score (nSPS) is 10.4. The van der Waals surface area contributed by atoms with Gasteiger partial charge in [-0.2, -0.15) is 0 Å².